The van der Waals surface area contributed by atoms with Crippen LogP contribution in [0.15, 0.2) is 96.1 Å². The lowest BCUT2D eigenvalue weighted by Gasteiger charge is -2.18. The van der Waals surface area contributed by atoms with Gasteiger partial charge >= 0.3 is 0 Å². The molecule has 0 spiro atoms. The molecule has 6 heteroatoms. The van der Waals surface area contributed by atoms with Crippen molar-refractivity contribution in [3.05, 3.63) is 91.0 Å². The third-order valence-corrected chi connectivity index (χ3v) is 4.01. The van der Waals surface area contributed by atoms with Crippen LogP contribution < -0.4 is 15.2 Å². The van der Waals surface area contributed by atoms with Crippen LogP contribution in [0.5, 0.6) is 0 Å². The number of benzene rings is 3. The molecule has 1 aliphatic heterocycles. The number of nitrogens with one attached hydrogen (secondary N) is 2. The van der Waals surface area contributed by atoms with Crippen LogP contribution in [0.4, 0.5) is 17.1 Å². The molecule has 1 atom stereocenters. The summed E-state index contributed by atoms with van der Waals surface area (Å²) in [6.07, 6.45) is 0. The lowest BCUT2D eigenvalue weighted by Crippen LogP contribution is -3.02. The van der Waals surface area contributed by atoms with E-state index in [-0.39, 0.29) is 0 Å². The van der Waals surface area contributed by atoms with Gasteiger partial charge in [-0.05, 0) is 29.4 Å². The summed E-state index contributed by atoms with van der Waals surface area (Å²) in [6.45, 7) is 0.753. The maximum Gasteiger partial charge on any atom is 0.266 e. The predicted molar refractivity (Wildman–Crippen MR) is 111 cm³/mol. The highest BCUT2D eigenvalue weighted by Crippen LogP contribution is 2.17. The highest BCUT2D eigenvalue weighted by Gasteiger charge is 2.30. The molecule has 0 saturated carbocycles. The van der Waals surface area contributed by atoms with Crippen LogP contribution in [0.1, 0.15) is 0 Å². The molecule has 1 unspecified atom stereocenters. The van der Waals surface area contributed by atoms with E-state index in [9.17, 15) is 0 Å². The number of rotatable bonds is 3. The van der Waals surface area contributed by atoms with Gasteiger partial charge in [-0.15, -0.1) is 0 Å². The van der Waals surface area contributed by atoms with Crippen LogP contribution in [0.2, 0.25) is 0 Å². The summed E-state index contributed by atoms with van der Waals surface area (Å²) in [4.78, 5) is 2.20. The number of thiocyanates is 1. The van der Waals surface area contributed by atoms with Gasteiger partial charge in [0.15, 0.2) is 12.4 Å². The number of nitrogens with zero attached hydrogens (tertiary/aromatic N) is 3. The number of hydrogen-bond acceptors (Lipinski definition) is 5. The van der Waals surface area contributed by atoms with Gasteiger partial charge in [0.05, 0.1) is 0 Å². The van der Waals surface area contributed by atoms with Gasteiger partial charge in [-0.2, -0.15) is 5.01 Å². The molecule has 0 radical (unpaired) electrons. The normalized spacial score (nSPS) is 15.1. The van der Waals surface area contributed by atoms with Crippen molar-refractivity contribution in [3.8, 4) is 5.40 Å². The Morgan fingerprint density at radius 2 is 1.41 bits per heavy atom. The molecule has 5 nitrogen and oxygen atoms in total. The van der Waals surface area contributed by atoms with E-state index < -0.39 is 0 Å². The minimum atomic E-state index is 0.753. The van der Waals surface area contributed by atoms with Crippen LogP contribution in [-0.2, 0) is 12.6 Å². The number of quaternary nitrogens is 1. The van der Waals surface area contributed by atoms with Gasteiger partial charge in [-0.25, -0.2) is 5.26 Å². The summed E-state index contributed by atoms with van der Waals surface area (Å²) in [6, 6.07) is 30.8. The van der Waals surface area contributed by atoms with Gasteiger partial charge < -0.3 is 17.9 Å². The van der Waals surface area contributed by atoms with E-state index in [1.165, 1.54) is 5.40 Å². The molecule has 3 aromatic carbocycles. The Hall–Kier alpha value is -3.40. The molecule has 4 rings (SSSR count). The zero-order chi connectivity index (χ0) is 18.9. The van der Waals surface area contributed by atoms with Gasteiger partial charge in [0.25, 0.3) is 5.96 Å². The molecule has 1 aliphatic rings. The van der Waals surface area contributed by atoms with Crippen molar-refractivity contribution in [2.75, 3.05) is 16.9 Å². The van der Waals surface area contributed by atoms with Gasteiger partial charge in [0.2, 0.25) is 0 Å². The first-order valence-corrected chi connectivity index (χ1v) is 8.88. The van der Waals surface area contributed by atoms with Gasteiger partial charge in [0, 0.05) is 23.5 Å². The minimum Gasteiger partial charge on any atom is -0.696 e. The summed E-state index contributed by atoms with van der Waals surface area (Å²) in [7, 11) is 0. The van der Waals surface area contributed by atoms with Gasteiger partial charge in [0.1, 0.15) is 0 Å². The number of guanidine groups is 1. The van der Waals surface area contributed by atoms with Crippen LogP contribution in [0.25, 0.3) is 0 Å². The fraction of sp³-hybridized carbons (Fsp3) is 0.0476. The molecule has 0 aromatic heterocycles. The van der Waals surface area contributed by atoms with E-state index in [0.29, 0.717) is 0 Å². The zero-order valence-electron chi connectivity index (χ0n) is 14.6. The Kier molecular flexibility index (Phi) is 6.36. The smallest absolute Gasteiger partial charge is 0.266 e. The van der Waals surface area contributed by atoms with Crippen molar-refractivity contribution in [3.63, 3.8) is 0 Å². The number of hydrogen-bond donors (Lipinski definition) is 2. The Labute approximate surface area is 164 Å². The summed E-state index contributed by atoms with van der Waals surface area (Å²) in [5, 5.41) is 17.8. The Morgan fingerprint density at radius 1 is 0.889 bits per heavy atom. The first-order valence-electron chi connectivity index (χ1n) is 8.47. The van der Waals surface area contributed by atoms with E-state index >= 15 is 0 Å². The lowest BCUT2D eigenvalue weighted by molar-refractivity contribution is -0.832. The monoisotopic (exact) mass is 373 g/mol. The average molecular weight is 373 g/mol. The summed E-state index contributed by atoms with van der Waals surface area (Å²) < 4.78 is 0. The van der Waals surface area contributed by atoms with E-state index in [2.05, 4.69) is 59.2 Å². The van der Waals surface area contributed by atoms with Crippen LogP contribution in [0.3, 0.4) is 0 Å². The molecular formula is C21H19N5S. The average Bonchev–Trinajstić information content (AvgIpc) is 3.14. The van der Waals surface area contributed by atoms with Crippen LogP contribution in [-0.4, -0.2) is 12.6 Å². The Balaban J connectivity index is 0.000000659. The molecule has 3 aromatic rings. The molecule has 0 bridgehead atoms. The van der Waals surface area contributed by atoms with E-state index in [1.54, 1.807) is 0 Å². The second kappa shape index (κ2) is 9.34. The van der Waals surface area contributed by atoms with Crippen molar-refractivity contribution in [2.24, 2.45) is 5.10 Å². The maximum absolute atomic E-state index is 7.13. The number of nitriles is 1. The first kappa shape index (κ1) is 18.4. The van der Waals surface area contributed by atoms with Crippen LogP contribution >= 0.6 is 0 Å². The Bertz CT molecular complexity index is 908. The highest BCUT2D eigenvalue weighted by atomic mass is 32.1. The van der Waals surface area contributed by atoms with Crippen molar-refractivity contribution >= 4 is 35.7 Å². The zero-order valence-corrected chi connectivity index (χ0v) is 15.4. The topological polar surface area (TPSA) is 55.9 Å². The SMILES string of the molecule is N#C[S-].c1ccc(NC2=N[NH+](c3ccccc3)CN2c2ccccc2)cc1. The molecule has 0 amide bonds. The first-order chi connectivity index (χ1) is 13.3. The van der Waals surface area contributed by atoms with Crippen molar-refractivity contribution < 1.29 is 5.01 Å². The third kappa shape index (κ3) is 4.82. The molecule has 2 N–H and O–H groups in total. The standard InChI is InChI=1S/C20H18N4.CHNS/c1-4-10-17(11-5-1)21-20-22-24(19-14-8-3-9-15-19)16-23(20)18-12-6-2-7-13-18;2-1-3/h1-15H,16H2,(H,21,22);3H. The predicted octanol–water partition coefficient (Wildman–Crippen LogP) is 3.08. The molecule has 0 saturated heterocycles. The van der Waals surface area contributed by atoms with Gasteiger partial charge in [-0.3, -0.25) is 4.90 Å². The highest BCUT2D eigenvalue weighted by molar-refractivity contribution is 7.64. The number of anilines is 2. The molecular weight excluding hydrogens is 354 g/mol. The van der Waals surface area contributed by atoms with E-state index in [1.807, 2.05) is 54.6 Å². The summed E-state index contributed by atoms with van der Waals surface area (Å²) >= 11 is 3.70. The second-order valence-electron chi connectivity index (χ2n) is 5.75. The maximum atomic E-state index is 7.13. The molecule has 0 fully saturated rings. The van der Waals surface area contributed by atoms with Crippen LogP contribution in [0, 0.1) is 10.7 Å². The van der Waals surface area contributed by atoms with Crippen molar-refractivity contribution in [1.82, 2.24) is 0 Å². The second-order valence-corrected chi connectivity index (χ2v) is 5.93. The van der Waals surface area contributed by atoms with Crippen molar-refractivity contribution in [1.29, 1.82) is 5.26 Å². The van der Waals surface area contributed by atoms with E-state index in [4.69, 9.17) is 10.4 Å². The number of para-hydroxylation sites is 3. The molecule has 134 valence electrons. The quantitative estimate of drug-likeness (QED) is 0.547. The fourth-order valence-electron chi connectivity index (χ4n) is 2.80. The van der Waals surface area contributed by atoms with Crippen molar-refractivity contribution in [2.45, 2.75) is 0 Å². The summed E-state index contributed by atoms with van der Waals surface area (Å²) in [5.74, 6) is 0.853. The fourth-order valence-corrected chi connectivity index (χ4v) is 2.80. The molecule has 1 heterocycles. The van der Waals surface area contributed by atoms with Gasteiger partial charge in [-0.1, -0.05) is 60.0 Å². The summed E-state index contributed by atoms with van der Waals surface area (Å²) in [5.41, 5.74) is 3.32. The lowest BCUT2D eigenvalue weighted by atomic mass is 10.3. The molecule has 0 aliphatic carbocycles. The minimum absolute atomic E-state index is 0.753. The largest absolute Gasteiger partial charge is 0.696 e. The Morgan fingerprint density at radius 3 is 2.00 bits per heavy atom. The van der Waals surface area contributed by atoms with E-state index in [0.717, 1.165) is 34.7 Å². The third-order valence-electron chi connectivity index (χ3n) is 4.01. The molecule has 27 heavy (non-hydrogen) atoms.